The number of fused-ring (bicyclic) bond motifs is 1. The normalized spacial score (nSPS) is 15.5. The fraction of sp³-hybridized carbons (Fsp3) is 0.538. The monoisotopic (exact) mass is 588 g/mol. The number of alkyl halides is 6. The Morgan fingerprint density at radius 1 is 1.15 bits per heavy atom. The Morgan fingerprint density at radius 3 is 2.41 bits per heavy atom. The highest BCUT2D eigenvalue weighted by atomic mass is 19.4. The summed E-state index contributed by atoms with van der Waals surface area (Å²) >= 11 is 0. The summed E-state index contributed by atoms with van der Waals surface area (Å²) in [6.45, 7) is 3.39. The number of halogens is 6. The number of nitrogens with zero attached hydrogens (tertiary/aromatic N) is 5. The molecule has 1 N–H and O–H groups in total. The first-order valence-electron chi connectivity index (χ1n) is 12.9. The summed E-state index contributed by atoms with van der Waals surface area (Å²) in [6, 6.07) is -2.86. The first-order valence-corrected chi connectivity index (χ1v) is 12.9. The van der Waals surface area contributed by atoms with Gasteiger partial charge in [-0.15, -0.1) is 0 Å². The van der Waals surface area contributed by atoms with E-state index in [-0.39, 0.29) is 18.3 Å². The number of aromatic nitrogens is 4. The fourth-order valence-corrected chi connectivity index (χ4v) is 4.73. The third-order valence-electron chi connectivity index (χ3n) is 6.82. The third kappa shape index (κ3) is 6.93. The van der Waals surface area contributed by atoms with Crippen LogP contribution in [-0.2, 0) is 0 Å². The standard InChI is InChI=1S/C26H30F6N6O3/c1-5-38(24(39)36-20(26(30,31)32)8-9-25(27,28)29)21(15-6-7-15)17-10-16(19(40-3)11-33-17)18-13-37-12-14(2)34-22(37)23(35-18)41-4/h10-13,15,20-21H,5-9H2,1-4H3,(H,36,39). The predicted molar refractivity (Wildman–Crippen MR) is 136 cm³/mol. The SMILES string of the molecule is CCN(C(=O)NC(CCC(F)(F)F)C(F)(F)F)C(c1cc(-c2cn3cc(C)nc3c(OC)n2)c(OC)cn1)C1CC1. The van der Waals surface area contributed by atoms with E-state index in [9.17, 15) is 31.1 Å². The van der Waals surface area contributed by atoms with E-state index >= 15 is 0 Å². The number of methoxy groups -OCH3 is 2. The lowest BCUT2D eigenvalue weighted by Gasteiger charge is -2.33. The Balaban J connectivity index is 1.70. The molecule has 41 heavy (non-hydrogen) atoms. The highest BCUT2D eigenvalue weighted by molar-refractivity contribution is 5.76. The largest absolute Gasteiger partial charge is 0.494 e. The van der Waals surface area contributed by atoms with E-state index in [0.717, 1.165) is 5.69 Å². The molecule has 15 heteroatoms. The number of imidazole rings is 1. The first-order chi connectivity index (χ1) is 19.2. The minimum absolute atomic E-state index is 0.00770. The lowest BCUT2D eigenvalue weighted by Crippen LogP contribution is -2.52. The van der Waals surface area contributed by atoms with Crippen molar-refractivity contribution in [2.24, 2.45) is 5.92 Å². The highest BCUT2D eigenvalue weighted by Crippen LogP contribution is 2.45. The zero-order valence-corrected chi connectivity index (χ0v) is 22.8. The molecular formula is C26H30F6N6O3. The maximum Gasteiger partial charge on any atom is 0.408 e. The summed E-state index contributed by atoms with van der Waals surface area (Å²) in [5.74, 6) is 0.502. The molecule has 0 aromatic carbocycles. The summed E-state index contributed by atoms with van der Waals surface area (Å²) in [6.07, 6.45) is -6.54. The van der Waals surface area contributed by atoms with Crippen LogP contribution in [0.25, 0.3) is 16.9 Å². The summed E-state index contributed by atoms with van der Waals surface area (Å²) in [7, 11) is 2.90. The third-order valence-corrected chi connectivity index (χ3v) is 6.82. The molecule has 3 aromatic rings. The Bertz CT molecular complexity index is 1390. The minimum atomic E-state index is -5.06. The molecule has 1 aliphatic carbocycles. The first kappa shape index (κ1) is 30.2. The van der Waals surface area contributed by atoms with Crippen molar-refractivity contribution in [2.45, 2.75) is 64.0 Å². The van der Waals surface area contributed by atoms with Crippen LogP contribution in [0.3, 0.4) is 0 Å². The molecule has 2 atom stereocenters. The van der Waals surface area contributed by atoms with Crippen LogP contribution in [0, 0.1) is 12.8 Å². The van der Waals surface area contributed by atoms with Crippen LogP contribution >= 0.6 is 0 Å². The van der Waals surface area contributed by atoms with Crippen LogP contribution in [0.5, 0.6) is 11.6 Å². The molecule has 0 saturated heterocycles. The van der Waals surface area contributed by atoms with Crippen molar-refractivity contribution in [3.63, 3.8) is 0 Å². The molecule has 1 aliphatic rings. The Hall–Kier alpha value is -3.78. The van der Waals surface area contributed by atoms with Crippen molar-refractivity contribution in [2.75, 3.05) is 20.8 Å². The zero-order chi connectivity index (χ0) is 30.1. The summed E-state index contributed by atoms with van der Waals surface area (Å²) in [5, 5.41) is 1.79. The van der Waals surface area contributed by atoms with Gasteiger partial charge in [0.05, 0.1) is 43.5 Å². The van der Waals surface area contributed by atoms with Crippen molar-refractivity contribution < 1.29 is 40.6 Å². The molecule has 9 nitrogen and oxygen atoms in total. The lowest BCUT2D eigenvalue weighted by atomic mass is 10.0. The van der Waals surface area contributed by atoms with Crippen molar-refractivity contribution in [3.8, 4) is 22.9 Å². The second kappa shape index (κ2) is 11.6. The van der Waals surface area contributed by atoms with E-state index < -0.39 is 43.3 Å². The van der Waals surface area contributed by atoms with E-state index in [1.165, 1.54) is 25.3 Å². The van der Waals surface area contributed by atoms with Gasteiger partial charge in [0.1, 0.15) is 11.8 Å². The number of rotatable bonds is 10. The average Bonchev–Trinajstić information content (AvgIpc) is 3.66. The van der Waals surface area contributed by atoms with Gasteiger partial charge in [-0.3, -0.25) is 4.98 Å². The number of ether oxygens (including phenoxy) is 2. The molecule has 3 heterocycles. The van der Waals surface area contributed by atoms with Gasteiger partial charge in [0.2, 0.25) is 5.65 Å². The topological polar surface area (TPSA) is 93.9 Å². The molecule has 0 spiro atoms. The van der Waals surface area contributed by atoms with Gasteiger partial charge in [-0.1, -0.05) is 0 Å². The smallest absolute Gasteiger partial charge is 0.408 e. The van der Waals surface area contributed by atoms with Crippen molar-refractivity contribution in [1.82, 2.24) is 29.6 Å². The molecule has 224 valence electrons. The van der Waals surface area contributed by atoms with Crippen molar-refractivity contribution >= 4 is 11.7 Å². The zero-order valence-electron chi connectivity index (χ0n) is 22.8. The van der Waals surface area contributed by atoms with E-state index in [1.807, 2.05) is 6.92 Å². The number of nitrogens with one attached hydrogen (secondary N) is 1. The van der Waals surface area contributed by atoms with Crippen LogP contribution in [0.15, 0.2) is 24.7 Å². The maximum atomic E-state index is 13.6. The molecule has 1 saturated carbocycles. The van der Waals surface area contributed by atoms with Gasteiger partial charge >= 0.3 is 18.4 Å². The molecule has 0 aliphatic heterocycles. The van der Waals surface area contributed by atoms with E-state index in [2.05, 4.69) is 15.0 Å². The van der Waals surface area contributed by atoms with E-state index in [0.29, 0.717) is 41.2 Å². The lowest BCUT2D eigenvalue weighted by molar-refractivity contribution is -0.171. The van der Waals surface area contributed by atoms with Gasteiger partial charge in [-0.05, 0) is 45.1 Å². The number of pyridine rings is 1. The van der Waals surface area contributed by atoms with Gasteiger partial charge in [0.25, 0.3) is 5.88 Å². The number of amides is 2. The number of hydrogen-bond acceptors (Lipinski definition) is 6. The Kier molecular flexibility index (Phi) is 8.54. The van der Waals surface area contributed by atoms with E-state index in [1.54, 1.807) is 35.1 Å². The van der Waals surface area contributed by atoms with Gasteiger partial charge in [-0.2, -0.15) is 26.3 Å². The van der Waals surface area contributed by atoms with Crippen LogP contribution in [-0.4, -0.2) is 69.4 Å². The molecule has 3 aromatic heterocycles. The molecule has 0 bridgehead atoms. The minimum Gasteiger partial charge on any atom is -0.494 e. The molecule has 1 fully saturated rings. The Morgan fingerprint density at radius 2 is 1.85 bits per heavy atom. The second-order valence-corrected chi connectivity index (χ2v) is 9.82. The van der Waals surface area contributed by atoms with Crippen molar-refractivity contribution in [1.29, 1.82) is 0 Å². The van der Waals surface area contributed by atoms with Crippen LogP contribution < -0.4 is 14.8 Å². The fourth-order valence-electron chi connectivity index (χ4n) is 4.73. The van der Waals surface area contributed by atoms with E-state index in [4.69, 9.17) is 9.47 Å². The predicted octanol–water partition coefficient (Wildman–Crippen LogP) is 5.87. The van der Waals surface area contributed by atoms with Crippen LogP contribution in [0.4, 0.5) is 31.1 Å². The highest BCUT2D eigenvalue weighted by Gasteiger charge is 2.45. The molecular weight excluding hydrogens is 558 g/mol. The van der Waals surface area contributed by atoms with Gasteiger partial charge in [-0.25, -0.2) is 14.8 Å². The van der Waals surface area contributed by atoms with Crippen LogP contribution in [0.1, 0.15) is 50.0 Å². The quantitative estimate of drug-likeness (QED) is 0.298. The van der Waals surface area contributed by atoms with Crippen molar-refractivity contribution in [3.05, 3.63) is 36.0 Å². The molecule has 0 radical (unpaired) electrons. The van der Waals surface area contributed by atoms with Gasteiger partial charge in [0, 0.05) is 30.9 Å². The average molecular weight is 589 g/mol. The second-order valence-electron chi connectivity index (χ2n) is 9.82. The summed E-state index contributed by atoms with van der Waals surface area (Å²) in [5.41, 5.74) is 2.52. The van der Waals surface area contributed by atoms with Crippen LogP contribution in [0.2, 0.25) is 0 Å². The molecule has 4 rings (SSSR count). The summed E-state index contributed by atoms with van der Waals surface area (Å²) < 4.78 is 91.4. The molecule has 2 unspecified atom stereocenters. The number of aryl methyl sites for hydroxylation is 1. The van der Waals surface area contributed by atoms with Gasteiger partial charge < -0.3 is 24.1 Å². The number of carbonyl (C=O) groups is 1. The molecule has 2 amide bonds. The Labute approximate surface area is 231 Å². The maximum absolute atomic E-state index is 13.6. The number of urea groups is 1. The van der Waals surface area contributed by atoms with Gasteiger partial charge in [0.15, 0.2) is 0 Å². The summed E-state index contributed by atoms with van der Waals surface area (Å²) in [4.78, 5) is 27.7. The number of carbonyl (C=O) groups excluding carboxylic acids is 1. The number of hydrogen-bond donors (Lipinski definition) is 1.